The van der Waals surface area contributed by atoms with Crippen LogP contribution in [0.25, 0.3) is 10.9 Å². The van der Waals surface area contributed by atoms with Crippen LogP contribution in [0.3, 0.4) is 0 Å². The third kappa shape index (κ3) is 3.59. The Morgan fingerprint density at radius 1 is 1.07 bits per heavy atom. The molecule has 1 saturated heterocycles. The Labute approximate surface area is 172 Å². The summed E-state index contributed by atoms with van der Waals surface area (Å²) in [5.74, 6) is -0.602. The molecule has 30 heavy (non-hydrogen) atoms. The molecule has 1 aliphatic heterocycles. The Morgan fingerprint density at radius 2 is 1.77 bits per heavy atom. The van der Waals surface area contributed by atoms with Crippen molar-refractivity contribution < 1.29 is 17.7 Å². The molecule has 156 valence electrons. The molecular weight excluding hydrogens is 411 g/mol. The number of halogens is 1. The van der Waals surface area contributed by atoms with Crippen LogP contribution in [0.2, 0.25) is 0 Å². The average molecular weight is 430 g/mol. The molecule has 1 aromatic heterocycles. The predicted molar refractivity (Wildman–Crippen MR) is 111 cm³/mol. The van der Waals surface area contributed by atoms with Gasteiger partial charge in [-0.2, -0.15) is 4.31 Å². The van der Waals surface area contributed by atoms with Gasteiger partial charge in [0.2, 0.25) is 10.0 Å². The van der Waals surface area contributed by atoms with Crippen LogP contribution < -0.4 is 4.90 Å². The largest absolute Gasteiger partial charge is 0.368 e. The summed E-state index contributed by atoms with van der Waals surface area (Å²) in [7, 11) is -3.79. The number of sulfonamides is 1. The van der Waals surface area contributed by atoms with Crippen LogP contribution in [-0.2, 0) is 10.0 Å². The molecule has 0 spiro atoms. The van der Waals surface area contributed by atoms with Crippen molar-refractivity contribution in [1.29, 1.82) is 0 Å². The second-order valence-corrected chi connectivity index (χ2v) is 9.00. The number of anilines is 1. The summed E-state index contributed by atoms with van der Waals surface area (Å²) in [5, 5.41) is 12.0. The van der Waals surface area contributed by atoms with Gasteiger partial charge in [0.25, 0.3) is 5.69 Å². The van der Waals surface area contributed by atoms with Crippen molar-refractivity contribution in [2.45, 2.75) is 11.8 Å². The molecule has 0 radical (unpaired) electrons. The summed E-state index contributed by atoms with van der Waals surface area (Å²) in [4.78, 5) is 17.2. The number of aromatic nitrogens is 1. The van der Waals surface area contributed by atoms with Crippen molar-refractivity contribution in [3.63, 3.8) is 0 Å². The number of rotatable bonds is 4. The lowest BCUT2D eigenvalue weighted by Gasteiger charge is -2.36. The van der Waals surface area contributed by atoms with E-state index in [0.717, 1.165) is 11.8 Å². The first kappa shape index (κ1) is 20.2. The molecule has 10 heteroatoms. The molecule has 0 bridgehead atoms. The molecular formula is C20H19FN4O4S. The average Bonchev–Trinajstić information content (AvgIpc) is 2.72. The fourth-order valence-corrected chi connectivity index (χ4v) is 5.15. The number of fused-ring (bicyclic) bond motifs is 1. The van der Waals surface area contributed by atoms with Crippen LogP contribution in [-0.4, -0.2) is 48.8 Å². The van der Waals surface area contributed by atoms with Gasteiger partial charge in [-0.15, -0.1) is 0 Å². The van der Waals surface area contributed by atoms with E-state index in [0.29, 0.717) is 29.7 Å². The third-order valence-electron chi connectivity index (χ3n) is 5.13. The SMILES string of the molecule is Cc1cc(N2CCN(S(=O)(=O)c3cccc(F)c3)CC2)c2cccc([N+](=O)[O-])c2n1. The second kappa shape index (κ2) is 7.62. The van der Waals surface area contributed by atoms with E-state index < -0.39 is 20.8 Å². The maximum Gasteiger partial charge on any atom is 0.295 e. The van der Waals surface area contributed by atoms with Gasteiger partial charge in [-0.25, -0.2) is 17.8 Å². The van der Waals surface area contributed by atoms with Gasteiger partial charge in [-0.1, -0.05) is 18.2 Å². The minimum atomic E-state index is -3.79. The lowest BCUT2D eigenvalue weighted by Crippen LogP contribution is -2.48. The number of benzene rings is 2. The zero-order valence-corrected chi connectivity index (χ0v) is 17.0. The number of non-ortho nitro benzene ring substituents is 1. The first-order valence-corrected chi connectivity index (χ1v) is 10.8. The highest BCUT2D eigenvalue weighted by molar-refractivity contribution is 7.89. The molecule has 0 atom stereocenters. The van der Waals surface area contributed by atoms with E-state index >= 15 is 0 Å². The molecule has 0 N–H and O–H groups in total. The van der Waals surface area contributed by atoms with Crippen LogP contribution in [0.15, 0.2) is 53.4 Å². The van der Waals surface area contributed by atoms with Crippen LogP contribution in [0.4, 0.5) is 15.8 Å². The van der Waals surface area contributed by atoms with Crippen molar-refractivity contribution in [3.05, 3.63) is 70.2 Å². The van der Waals surface area contributed by atoms with E-state index in [2.05, 4.69) is 4.98 Å². The lowest BCUT2D eigenvalue weighted by atomic mass is 10.1. The molecule has 2 heterocycles. The Kier molecular flexibility index (Phi) is 5.12. The first-order valence-electron chi connectivity index (χ1n) is 9.33. The zero-order valence-electron chi connectivity index (χ0n) is 16.2. The van der Waals surface area contributed by atoms with Gasteiger partial charge in [0.1, 0.15) is 5.82 Å². The first-order chi connectivity index (χ1) is 14.3. The summed E-state index contributed by atoms with van der Waals surface area (Å²) in [5.41, 5.74) is 1.67. The fraction of sp³-hybridized carbons (Fsp3) is 0.250. The minimum Gasteiger partial charge on any atom is -0.368 e. The van der Waals surface area contributed by atoms with Gasteiger partial charge < -0.3 is 4.90 Å². The number of piperazine rings is 1. The van der Waals surface area contributed by atoms with E-state index in [-0.39, 0.29) is 23.7 Å². The topological polar surface area (TPSA) is 96.7 Å². The standard InChI is InChI=1S/C20H19FN4O4S/c1-14-12-19(17-6-3-7-18(25(26)27)20(17)22-14)23-8-10-24(11-9-23)30(28,29)16-5-2-4-15(21)13-16/h2-7,12-13H,8-11H2,1H3. The maximum atomic E-state index is 13.5. The Bertz CT molecular complexity index is 1240. The van der Waals surface area contributed by atoms with E-state index in [1.165, 1.54) is 28.6 Å². The van der Waals surface area contributed by atoms with Gasteiger partial charge in [0, 0.05) is 49.0 Å². The van der Waals surface area contributed by atoms with Crippen LogP contribution in [0, 0.1) is 22.9 Å². The number of hydrogen-bond donors (Lipinski definition) is 0. The van der Waals surface area contributed by atoms with Gasteiger partial charge in [0.05, 0.1) is 9.82 Å². The van der Waals surface area contributed by atoms with Crippen molar-refractivity contribution in [2.75, 3.05) is 31.1 Å². The quantitative estimate of drug-likeness (QED) is 0.466. The van der Waals surface area contributed by atoms with E-state index in [4.69, 9.17) is 0 Å². The van der Waals surface area contributed by atoms with E-state index in [1.54, 1.807) is 19.1 Å². The maximum absolute atomic E-state index is 13.5. The molecule has 2 aromatic carbocycles. The van der Waals surface area contributed by atoms with Crippen molar-refractivity contribution >= 4 is 32.3 Å². The van der Waals surface area contributed by atoms with Gasteiger partial charge >= 0.3 is 0 Å². The summed E-state index contributed by atoms with van der Waals surface area (Å²) >= 11 is 0. The Morgan fingerprint density at radius 3 is 2.43 bits per heavy atom. The smallest absolute Gasteiger partial charge is 0.295 e. The highest BCUT2D eigenvalue weighted by atomic mass is 32.2. The molecule has 0 aliphatic carbocycles. The molecule has 8 nitrogen and oxygen atoms in total. The van der Waals surface area contributed by atoms with Crippen molar-refractivity contribution in [3.8, 4) is 0 Å². The van der Waals surface area contributed by atoms with Crippen LogP contribution in [0.5, 0.6) is 0 Å². The number of aryl methyl sites for hydroxylation is 1. The molecule has 1 aliphatic rings. The lowest BCUT2D eigenvalue weighted by molar-refractivity contribution is -0.383. The summed E-state index contributed by atoms with van der Waals surface area (Å²) in [6.07, 6.45) is 0. The van der Waals surface area contributed by atoms with Crippen LogP contribution >= 0.6 is 0 Å². The number of nitrogens with zero attached hydrogens (tertiary/aromatic N) is 4. The second-order valence-electron chi connectivity index (χ2n) is 7.06. The summed E-state index contributed by atoms with van der Waals surface area (Å²) in [6.45, 7) is 3.00. The Balaban J connectivity index is 1.63. The predicted octanol–water partition coefficient (Wildman–Crippen LogP) is 3.10. The fourth-order valence-electron chi connectivity index (χ4n) is 3.69. The molecule has 0 amide bonds. The normalized spacial score (nSPS) is 15.5. The molecule has 1 fully saturated rings. The third-order valence-corrected chi connectivity index (χ3v) is 7.03. The Hall–Kier alpha value is -3.11. The zero-order chi connectivity index (χ0) is 21.5. The van der Waals surface area contributed by atoms with Gasteiger partial charge in [0.15, 0.2) is 5.52 Å². The molecule has 3 aromatic rings. The molecule has 0 unspecified atom stereocenters. The number of hydrogen-bond acceptors (Lipinski definition) is 6. The van der Waals surface area contributed by atoms with Crippen LogP contribution in [0.1, 0.15) is 5.69 Å². The number of nitro benzene ring substituents is 1. The highest BCUT2D eigenvalue weighted by Crippen LogP contribution is 2.33. The highest BCUT2D eigenvalue weighted by Gasteiger charge is 2.30. The number of para-hydroxylation sites is 1. The monoisotopic (exact) mass is 430 g/mol. The van der Waals surface area contributed by atoms with Gasteiger partial charge in [-0.3, -0.25) is 10.1 Å². The molecule has 4 rings (SSSR count). The van der Waals surface area contributed by atoms with E-state index in [9.17, 15) is 22.9 Å². The summed E-state index contributed by atoms with van der Waals surface area (Å²) in [6, 6.07) is 11.6. The van der Waals surface area contributed by atoms with E-state index in [1.807, 2.05) is 11.0 Å². The number of nitro groups is 1. The van der Waals surface area contributed by atoms with Gasteiger partial charge in [-0.05, 0) is 31.2 Å². The minimum absolute atomic E-state index is 0.0650. The van der Waals surface area contributed by atoms with Crippen molar-refractivity contribution in [2.24, 2.45) is 0 Å². The number of pyridine rings is 1. The van der Waals surface area contributed by atoms with Crippen molar-refractivity contribution in [1.82, 2.24) is 9.29 Å². The molecule has 0 saturated carbocycles. The summed E-state index contributed by atoms with van der Waals surface area (Å²) < 4.78 is 40.5.